The molecule has 0 nitrogen and oxygen atoms in total. The zero-order valence-electron chi connectivity index (χ0n) is 8.16. The zero-order valence-corrected chi connectivity index (χ0v) is 8.16. The second-order valence-electron chi connectivity index (χ2n) is 3.20. The Balaban J connectivity index is 5.83. The molecule has 0 spiro atoms. The molecule has 11 heteroatoms. The lowest BCUT2D eigenvalue weighted by molar-refractivity contribution is -0.320. The largest absolute Gasteiger partial charge is 0.457 e. The van der Waals surface area contributed by atoms with Crippen LogP contribution in [0.3, 0.4) is 0 Å². The van der Waals surface area contributed by atoms with Crippen molar-refractivity contribution in [1.82, 2.24) is 0 Å². The fraction of sp³-hybridized carbons (Fsp3) is 0.714. The van der Waals surface area contributed by atoms with E-state index in [1.54, 1.807) is 0 Å². The van der Waals surface area contributed by atoms with E-state index in [4.69, 9.17) is 0 Å². The fourth-order valence-corrected chi connectivity index (χ4v) is 0.735. The van der Waals surface area contributed by atoms with Crippen LogP contribution in [-0.2, 0) is 0 Å². The molecule has 18 heavy (non-hydrogen) atoms. The van der Waals surface area contributed by atoms with Crippen LogP contribution in [0.1, 0.15) is 6.92 Å². The van der Waals surface area contributed by atoms with Crippen LogP contribution in [-0.4, -0.2) is 23.9 Å². The van der Waals surface area contributed by atoms with Gasteiger partial charge in [-0.1, -0.05) is 0 Å². The molecule has 0 aliphatic heterocycles. The Morgan fingerprint density at radius 1 is 0.667 bits per heavy atom. The Morgan fingerprint density at radius 3 is 1.22 bits per heavy atom. The first-order chi connectivity index (χ1) is 7.57. The molecule has 0 radical (unpaired) electrons. The third kappa shape index (κ3) is 2.69. The van der Waals surface area contributed by atoms with Gasteiger partial charge < -0.3 is 0 Å². The molecule has 0 rings (SSSR count). The average molecular weight is 296 g/mol. The number of hydrogen-bond acceptors (Lipinski definition) is 0. The molecule has 0 aliphatic carbocycles. The van der Waals surface area contributed by atoms with Gasteiger partial charge in [-0.2, -0.15) is 39.5 Å². The van der Waals surface area contributed by atoms with E-state index < -0.39 is 42.5 Å². The predicted molar refractivity (Wildman–Crippen MR) is 35.8 cm³/mol. The number of alkyl halides is 9. The van der Waals surface area contributed by atoms with Crippen molar-refractivity contribution in [3.63, 3.8) is 0 Å². The van der Waals surface area contributed by atoms with Crippen molar-refractivity contribution in [1.29, 1.82) is 0 Å². The standard InChI is InChI=1S/C7H3F11/c1-4(10,6(14,15)7(16,17)18)2(8)3(9)5(11,12)13/h1H3. The van der Waals surface area contributed by atoms with E-state index in [0.717, 1.165) is 0 Å². The van der Waals surface area contributed by atoms with Crippen LogP contribution in [0.25, 0.3) is 0 Å². The lowest BCUT2D eigenvalue weighted by Crippen LogP contribution is -2.53. The van der Waals surface area contributed by atoms with Crippen molar-refractivity contribution < 1.29 is 48.3 Å². The Kier molecular flexibility index (Phi) is 4.02. The van der Waals surface area contributed by atoms with Crippen LogP contribution in [0.5, 0.6) is 0 Å². The molecule has 0 aromatic heterocycles. The van der Waals surface area contributed by atoms with Crippen LogP contribution in [0.2, 0.25) is 0 Å². The molecule has 0 aromatic rings. The summed E-state index contributed by atoms with van der Waals surface area (Å²) in [5.41, 5.74) is -5.52. The monoisotopic (exact) mass is 296 g/mol. The number of rotatable bonds is 2. The minimum Gasteiger partial charge on any atom is -0.229 e. The molecule has 1 atom stereocenters. The van der Waals surface area contributed by atoms with Gasteiger partial charge in [0.25, 0.3) is 0 Å². The summed E-state index contributed by atoms with van der Waals surface area (Å²) in [4.78, 5) is 0. The Bertz CT molecular complexity index is 341. The molecule has 108 valence electrons. The summed E-state index contributed by atoms with van der Waals surface area (Å²) in [5.74, 6) is -14.4. The van der Waals surface area contributed by atoms with Crippen LogP contribution < -0.4 is 0 Å². The van der Waals surface area contributed by atoms with Gasteiger partial charge in [0, 0.05) is 0 Å². The quantitative estimate of drug-likeness (QED) is 0.652. The summed E-state index contributed by atoms with van der Waals surface area (Å²) in [6.45, 7) is -0.846. The third-order valence-electron chi connectivity index (χ3n) is 1.80. The molecule has 0 N–H and O–H groups in total. The van der Waals surface area contributed by atoms with E-state index >= 15 is 0 Å². The minimum absolute atomic E-state index is 0.846. The molecule has 0 saturated carbocycles. The van der Waals surface area contributed by atoms with Crippen LogP contribution in [0, 0.1) is 0 Å². The van der Waals surface area contributed by atoms with Gasteiger partial charge in [-0.25, -0.2) is 8.78 Å². The van der Waals surface area contributed by atoms with Gasteiger partial charge in [-0.15, -0.1) is 0 Å². The minimum atomic E-state index is -6.69. The lowest BCUT2D eigenvalue weighted by Gasteiger charge is -2.30. The Labute approximate surface area is 92.1 Å². The maximum absolute atomic E-state index is 12.9. The van der Waals surface area contributed by atoms with Gasteiger partial charge in [-0.05, 0) is 6.92 Å². The highest BCUT2D eigenvalue weighted by Gasteiger charge is 2.72. The van der Waals surface area contributed by atoms with E-state index in [0.29, 0.717) is 0 Å². The summed E-state index contributed by atoms with van der Waals surface area (Å²) in [5, 5.41) is 0. The summed E-state index contributed by atoms with van der Waals surface area (Å²) in [7, 11) is 0. The molecule has 0 saturated heterocycles. The third-order valence-corrected chi connectivity index (χ3v) is 1.80. The van der Waals surface area contributed by atoms with Crippen molar-refractivity contribution >= 4 is 0 Å². The van der Waals surface area contributed by atoms with Gasteiger partial charge in [-0.3, -0.25) is 0 Å². The average Bonchev–Trinajstić information content (AvgIpc) is 2.11. The molecular weight excluding hydrogens is 293 g/mol. The number of allylic oxidation sites excluding steroid dienone is 2. The molecule has 0 aliphatic rings. The van der Waals surface area contributed by atoms with Crippen molar-refractivity contribution in [2.45, 2.75) is 30.9 Å². The van der Waals surface area contributed by atoms with E-state index in [2.05, 4.69) is 0 Å². The molecular formula is C7H3F11. The van der Waals surface area contributed by atoms with Gasteiger partial charge in [0.15, 0.2) is 5.83 Å². The van der Waals surface area contributed by atoms with Gasteiger partial charge >= 0.3 is 18.3 Å². The van der Waals surface area contributed by atoms with Crippen molar-refractivity contribution in [3.8, 4) is 0 Å². The highest BCUT2D eigenvalue weighted by molar-refractivity contribution is 5.21. The van der Waals surface area contributed by atoms with E-state index in [1.165, 1.54) is 0 Å². The van der Waals surface area contributed by atoms with Gasteiger partial charge in [0.05, 0.1) is 0 Å². The van der Waals surface area contributed by atoms with Crippen molar-refractivity contribution in [2.24, 2.45) is 0 Å². The van der Waals surface area contributed by atoms with E-state index in [-0.39, 0.29) is 0 Å². The normalized spacial score (nSPS) is 19.3. The van der Waals surface area contributed by atoms with E-state index in [1.807, 2.05) is 0 Å². The summed E-state index contributed by atoms with van der Waals surface area (Å²) < 4.78 is 132. The molecule has 0 heterocycles. The maximum Gasteiger partial charge on any atom is 0.457 e. The SMILES string of the molecule is CC(F)(C(F)=C(F)C(F)(F)F)C(F)(F)C(F)(F)F. The topological polar surface area (TPSA) is 0 Å². The van der Waals surface area contributed by atoms with E-state index in [9.17, 15) is 48.3 Å². The first-order valence-corrected chi connectivity index (χ1v) is 3.83. The molecule has 0 bridgehead atoms. The van der Waals surface area contributed by atoms with Gasteiger partial charge in [0.2, 0.25) is 11.5 Å². The lowest BCUT2D eigenvalue weighted by atomic mass is 9.97. The molecule has 0 aromatic carbocycles. The molecule has 1 unspecified atom stereocenters. The maximum atomic E-state index is 12.9. The smallest absolute Gasteiger partial charge is 0.229 e. The Morgan fingerprint density at radius 2 is 1.00 bits per heavy atom. The molecule has 0 amide bonds. The Hall–Kier alpha value is -1.03. The first-order valence-electron chi connectivity index (χ1n) is 3.83. The first kappa shape index (κ1) is 17.0. The van der Waals surface area contributed by atoms with Crippen LogP contribution in [0.4, 0.5) is 48.3 Å². The summed E-state index contributed by atoms with van der Waals surface area (Å²) >= 11 is 0. The van der Waals surface area contributed by atoms with Crippen molar-refractivity contribution in [3.05, 3.63) is 11.7 Å². The second kappa shape index (κ2) is 4.26. The summed E-state index contributed by atoms with van der Waals surface area (Å²) in [6, 6.07) is 0. The zero-order chi connectivity index (χ0) is 15.2. The van der Waals surface area contributed by atoms with Crippen molar-refractivity contribution in [2.75, 3.05) is 0 Å². The highest BCUT2D eigenvalue weighted by Crippen LogP contribution is 2.50. The fourth-order valence-electron chi connectivity index (χ4n) is 0.735. The van der Waals surface area contributed by atoms with Gasteiger partial charge in [0.1, 0.15) is 0 Å². The van der Waals surface area contributed by atoms with Crippen LogP contribution in [0.15, 0.2) is 11.7 Å². The number of hydrogen-bond donors (Lipinski definition) is 0. The summed E-state index contributed by atoms with van der Waals surface area (Å²) in [6.07, 6.45) is -12.9. The highest BCUT2D eigenvalue weighted by atomic mass is 19.4. The second-order valence-corrected chi connectivity index (χ2v) is 3.20. The predicted octanol–water partition coefficient (Wildman–Crippen LogP) is 4.63. The molecule has 0 fully saturated rings. The van der Waals surface area contributed by atoms with Crippen LogP contribution >= 0.6 is 0 Å². The number of halogens is 11.